The Labute approximate surface area is 426 Å². The number of benzene rings is 11. The molecule has 344 valence electrons. The topological polar surface area (TPSA) is 16.4 Å². The monoisotopic (exact) mass is 931 g/mol. The summed E-state index contributed by atoms with van der Waals surface area (Å²) in [4.78, 5) is 2.42. The molecule has 15 rings (SSSR count). The lowest BCUT2D eigenvalue weighted by Gasteiger charge is -2.50. The number of anilines is 3. The Bertz CT molecular complexity index is 4090. The highest BCUT2D eigenvalue weighted by Gasteiger charge is 2.56. The Morgan fingerprint density at radius 3 is 1.41 bits per heavy atom. The second kappa shape index (κ2) is 15.5. The SMILES string of the molecule is CC1(C)c2ccccc2-c2ccc(N(c3ccc(-c4ccc5c(c4)C4(c6ccccc6-5)c5ccccc5C(c5ccccc5)(c5ccccc5)c5ccccc54)cc3)c3ccc4oc5ccccc5c4c3)cc21. The van der Waals surface area contributed by atoms with E-state index in [2.05, 4.69) is 274 Å². The summed E-state index contributed by atoms with van der Waals surface area (Å²) in [5.74, 6) is 0. The van der Waals surface area contributed by atoms with E-state index >= 15 is 0 Å². The minimum absolute atomic E-state index is 0.142. The van der Waals surface area contributed by atoms with Gasteiger partial charge in [0.1, 0.15) is 11.2 Å². The highest BCUT2D eigenvalue weighted by Crippen LogP contribution is 2.65. The predicted octanol–water partition coefficient (Wildman–Crippen LogP) is 18.1. The molecule has 0 radical (unpaired) electrons. The van der Waals surface area contributed by atoms with Crippen LogP contribution in [0.5, 0.6) is 0 Å². The van der Waals surface area contributed by atoms with Gasteiger partial charge in [-0.25, -0.2) is 0 Å². The van der Waals surface area contributed by atoms with E-state index in [1.165, 1.54) is 89.0 Å². The minimum atomic E-state index is -0.574. The second-order valence-electron chi connectivity index (χ2n) is 20.7. The molecule has 73 heavy (non-hydrogen) atoms. The van der Waals surface area contributed by atoms with Crippen molar-refractivity contribution in [3.63, 3.8) is 0 Å². The Morgan fingerprint density at radius 2 is 0.740 bits per heavy atom. The summed E-state index contributed by atoms with van der Waals surface area (Å²) in [6, 6.07) is 97.4. The number of rotatable bonds is 6. The highest BCUT2D eigenvalue weighted by molar-refractivity contribution is 6.06. The molecule has 0 atom stereocenters. The third kappa shape index (κ3) is 5.69. The molecular formula is C71H49NO. The van der Waals surface area contributed by atoms with Gasteiger partial charge in [-0.3, -0.25) is 0 Å². The summed E-state index contributed by atoms with van der Waals surface area (Å²) in [5.41, 5.74) is 24.5. The van der Waals surface area contributed by atoms with Gasteiger partial charge in [-0.15, -0.1) is 0 Å². The zero-order valence-corrected chi connectivity index (χ0v) is 40.7. The van der Waals surface area contributed by atoms with E-state index in [1.54, 1.807) is 0 Å². The van der Waals surface area contributed by atoms with Gasteiger partial charge in [0.15, 0.2) is 0 Å². The van der Waals surface area contributed by atoms with Crippen molar-refractivity contribution < 1.29 is 4.42 Å². The van der Waals surface area contributed by atoms with E-state index in [0.29, 0.717) is 0 Å². The maximum atomic E-state index is 6.35. The molecule has 0 N–H and O–H groups in total. The number of hydrogen-bond donors (Lipinski definition) is 0. The molecule has 3 aliphatic carbocycles. The molecule has 2 heteroatoms. The fraction of sp³-hybridized carbons (Fsp3) is 0.0704. The van der Waals surface area contributed by atoms with E-state index in [-0.39, 0.29) is 5.41 Å². The molecule has 0 saturated carbocycles. The molecule has 12 aromatic rings. The number of hydrogen-bond acceptors (Lipinski definition) is 2. The molecule has 1 heterocycles. The van der Waals surface area contributed by atoms with Crippen LogP contribution in [0.15, 0.2) is 265 Å². The maximum Gasteiger partial charge on any atom is 0.135 e. The van der Waals surface area contributed by atoms with Crippen LogP contribution in [0.25, 0.3) is 55.3 Å². The molecule has 0 fully saturated rings. The summed E-state index contributed by atoms with van der Waals surface area (Å²) in [7, 11) is 0. The van der Waals surface area contributed by atoms with Crippen LogP contribution in [-0.2, 0) is 16.2 Å². The number of furan rings is 1. The van der Waals surface area contributed by atoms with Crippen molar-refractivity contribution in [2.75, 3.05) is 4.90 Å². The van der Waals surface area contributed by atoms with Crippen LogP contribution in [-0.4, -0.2) is 0 Å². The first-order valence-corrected chi connectivity index (χ1v) is 25.6. The normalized spacial score (nSPS) is 14.8. The summed E-state index contributed by atoms with van der Waals surface area (Å²) in [6.45, 7) is 4.72. The minimum Gasteiger partial charge on any atom is -0.456 e. The van der Waals surface area contributed by atoms with E-state index in [4.69, 9.17) is 4.42 Å². The Hall–Kier alpha value is -8.98. The molecule has 0 amide bonds. The van der Waals surface area contributed by atoms with E-state index in [1.807, 2.05) is 6.07 Å². The third-order valence-corrected chi connectivity index (χ3v) is 16.8. The van der Waals surface area contributed by atoms with Crippen LogP contribution in [0.3, 0.4) is 0 Å². The van der Waals surface area contributed by atoms with Crippen LogP contribution in [0, 0.1) is 0 Å². The van der Waals surface area contributed by atoms with Crippen LogP contribution in [0.2, 0.25) is 0 Å². The molecule has 11 aromatic carbocycles. The number of para-hydroxylation sites is 1. The summed E-state index contributed by atoms with van der Waals surface area (Å²) in [6.07, 6.45) is 0. The van der Waals surface area contributed by atoms with Gasteiger partial charge in [0.25, 0.3) is 0 Å². The van der Waals surface area contributed by atoms with Crippen molar-refractivity contribution in [3.8, 4) is 33.4 Å². The lowest BCUT2D eigenvalue weighted by atomic mass is 9.51. The molecule has 0 aliphatic heterocycles. The van der Waals surface area contributed by atoms with Gasteiger partial charge in [0.05, 0.1) is 10.8 Å². The Balaban J connectivity index is 0.909. The predicted molar refractivity (Wildman–Crippen MR) is 301 cm³/mol. The first kappa shape index (κ1) is 41.8. The van der Waals surface area contributed by atoms with Crippen molar-refractivity contribution in [2.24, 2.45) is 0 Å². The maximum absolute atomic E-state index is 6.35. The van der Waals surface area contributed by atoms with Crippen molar-refractivity contribution in [1.82, 2.24) is 0 Å². The third-order valence-electron chi connectivity index (χ3n) is 16.8. The lowest BCUT2D eigenvalue weighted by Crippen LogP contribution is -2.44. The molecule has 0 unspecified atom stereocenters. The van der Waals surface area contributed by atoms with Gasteiger partial charge < -0.3 is 9.32 Å². The Kier molecular flexibility index (Phi) is 8.87. The number of nitrogens with zero attached hydrogens (tertiary/aromatic N) is 1. The van der Waals surface area contributed by atoms with Crippen molar-refractivity contribution in [3.05, 3.63) is 316 Å². The standard InChI is InChI=1S/C71H49NO/c1-69(2)59-26-12-9-23-53(59)55-41-38-52(45-65(55)69)72(51-39-42-68-58(44-51)57-25-11-18-32-67(57)73-68)50-36-33-46(34-37-50)47-35-40-56-54-24-10-13-27-60(54)71(66(56)43-47)63-30-16-14-28-61(63)70(48-19-5-3-6-20-48,49-21-7-4-8-22-49)62-29-15-17-31-64(62)71/h3-45H,1-2H3. The molecule has 1 aromatic heterocycles. The van der Waals surface area contributed by atoms with Gasteiger partial charge in [0, 0.05) is 33.2 Å². The van der Waals surface area contributed by atoms with Crippen LogP contribution >= 0.6 is 0 Å². The fourth-order valence-electron chi connectivity index (χ4n) is 13.7. The molecular weight excluding hydrogens is 883 g/mol. The first-order valence-electron chi connectivity index (χ1n) is 25.6. The lowest BCUT2D eigenvalue weighted by molar-refractivity contribution is 0.624. The quantitative estimate of drug-likeness (QED) is 0.165. The highest BCUT2D eigenvalue weighted by atomic mass is 16.3. The van der Waals surface area contributed by atoms with Crippen LogP contribution in [0.4, 0.5) is 17.1 Å². The van der Waals surface area contributed by atoms with E-state index in [0.717, 1.165) is 39.0 Å². The molecule has 1 spiro atoms. The van der Waals surface area contributed by atoms with Gasteiger partial charge in [-0.1, -0.05) is 220 Å². The van der Waals surface area contributed by atoms with Crippen molar-refractivity contribution in [1.29, 1.82) is 0 Å². The summed E-state index contributed by atoms with van der Waals surface area (Å²) in [5, 5.41) is 2.22. The van der Waals surface area contributed by atoms with Gasteiger partial charge in [0.2, 0.25) is 0 Å². The van der Waals surface area contributed by atoms with Gasteiger partial charge >= 0.3 is 0 Å². The zero-order valence-electron chi connectivity index (χ0n) is 40.7. The molecule has 2 nitrogen and oxygen atoms in total. The van der Waals surface area contributed by atoms with Crippen LogP contribution < -0.4 is 4.90 Å². The first-order chi connectivity index (χ1) is 36.0. The molecule has 0 saturated heterocycles. The van der Waals surface area contributed by atoms with Gasteiger partial charge in [-0.2, -0.15) is 0 Å². The van der Waals surface area contributed by atoms with E-state index in [9.17, 15) is 0 Å². The molecule has 0 bridgehead atoms. The summed E-state index contributed by atoms with van der Waals surface area (Å²) >= 11 is 0. The van der Waals surface area contributed by atoms with Crippen LogP contribution in [0.1, 0.15) is 69.5 Å². The largest absolute Gasteiger partial charge is 0.456 e. The Morgan fingerprint density at radius 1 is 0.288 bits per heavy atom. The van der Waals surface area contributed by atoms with Gasteiger partial charge in [-0.05, 0) is 144 Å². The average Bonchev–Trinajstić information content (AvgIpc) is 4.05. The van der Waals surface area contributed by atoms with E-state index < -0.39 is 10.8 Å². The second-order valence-corrected chi connectivity index (χ2v) is 20.7. The summed E-state index contributed by atoms with van der Waals surface area (Å²) < 4.78 is 6.35. The van der Waals surface area contributed by atoms with Crippen molar-refractivity contribution in [2.45, 2.75) is 30.1 Å². The smallest absolute Gasteiger partial charge is 0.135 e. The van der Waals surface area contributed by atoms with Crippen molar-refractivity contribution >= 4 is 39.0 Å². The fourth-order valence-corrected chi connectivity index (χ4v) is 13.7. The average molecular weight is 932 g/mol. The zero-order chi connectivity index (χ0) is 48.5. The molecule has 3 aliphatic rings. The number of fused-ring (bicyclic) bond motifs is 15.